The molecule has 2 rings (SSSR count). The Kier molecular flexibility index (Phi) is 8.53. The van der Waals surface area contributed by atoms with E-state index in [0.717, 1.165) is 37.3 Å². The van der Waals surface area contributed by atoms with Gasteiger partial charge in [0.1, 0.15) is 0 Å². The second-order valence-electron chi connectivity index (χ2n) is 6.70. The summed E-state index contributed by atoms with van der Waals surface area (Å²) >= 11 is 0. The van der Waals surface area contributed by atoms with Gasteiger partial charge in [-0.2, -0.15) is 0 Å². The van der Waals surface area contributed by atoms with Crippen LogP contribution in [0.3, 0.4) is 0 Å². The van der Waals surface area contributed by atoms with Crippen LogP contribution in [0.4, 0.5) is 11.4 Å². The van der Waals surface area contributed by atoms with Gasteiger partial charge in [0.15, 0.2) is 0 Å². The van der Waals surface area contributed by atoms with Crippen LogP contribution in [0.2, 0.25) is 0 Å². The molecule has 0 bridgehead atoms. The highest BCUT2D eigenvalue weighted by Crippen LogP contribution is 2.15. The third-order valence-electron chi connectivity index (χ3n) is 4.53. The molecule has 0 saturated heterocycles. The van der Waals surface area contributed by atoms with Crippen LogP contribution in [0.25, 0.3) is 0 Å². The topological polar surface area (TPSA) is 52.7 Å². The number of anilines is 2. The number of para-hydroxylation sites is 1. The van der Waals surface area contributed by atoms with Crippen LogP contribution in [-0.4, -0.2) is 42.9 Å². The van der Waals surface area contributed by atoms with E-state index in [0.29, 0.717) is 12.1 Å². The second-order valence-corrected chi connectivity index (χ2v) is 6.70. The van der Waals surface area contributed by atoms with Crippen molar-refractivity contribution < 1.29 is 9.59 Å². The molecule has 0 fully saturated rings. The van der Waals surface area contributed by atoms with E-state index >= 15 is 0 Å². The molecule has 0 saturated carbocycles. The van der Waals surface area contributed by atoms with E-state index in [9.17, 15) is 9.59 Å². The normalized spacial score (nSPS) is 10.4. The van der Waals surface area contributed by atoms with Gasteiger partial charge in [0.05, 0.1) is 6.54 Å². The number of carbonyl (C=O) groups excluding carboxylic acids is 2. The Bertz CT molecular complexity index is 738. The quantitative estimate of drug-likeness (QED) is 0.663. The first-order chi connectivity index (χ1) is 13.6. The minimum Gasteiger partial charge on any atom is -0.376 e. The van der Waals surface area contributed by atoms with E-state index < -0.39 is 0 Å². The summed E-state index contributed by atoms with van der Waals surface area (Å²) in [5.74, 6) is 0.0680. The van der Waals surface area contributed by atoms with E-state index in [1.54, 1.807) is 4.90 Å². The molecular weight excluding hydrogens is 350 g/mol. The van der Waals surface area contributed by atoms with E-state index in [1.807, 2.05) is 66.4 Å². The number of rotatable bonds is 10. The fraction of sp³-hybridized carbons (Fsp3) is 0.391. The lowest BCUT2D eigenvalue weighted by atomic mass is 10.1. The van der Waals surface area contributed by atoms with Crippen molar-refractivity contribution in [3.63, 3.8) is 0 Å². The van der Waals surface area contributed by atoms with Gasteiger partial charge in [-0.1, -0.05) is 32.0 Å². The van der Waals surface area contributed by atoms with E-state index in [1.165, 1.54) is 0 Å². The molecule has 0 aliphatic heterocycles. The molecule has 2 aromatic carbocycles. The molecule has 5 heteroatoms. The molecule has 0 unspecified atom stereocenters. The third kappa shape index (κ3) is 5.84. The maximum atomic E-state index is 12.6. The van der Waals surface area contributed by atoms with Crippen molar-refractivity contribution in [2.75, 3.05) is 36.4 Å². The lowest BCUT2D eigenvalue weighted by Gasteiger charge is -2.22. The first-order valence-electron chi connectivity index (χ1n) is 10.1. The Hall–Kier alpha value is -2.82. The largest absolute Gasteiger partial charge is 0.376 e. The summed E-state index contributed by atoms with van der Waals surface area (Å²) in [6.07, 6.45) is 1.89. The van der Waals surface area contributed by atoms with Crippen molar-refractivity contribution >= 4 is 23.2 Å². The SMILES string of the molecule is CCCN(CCC)C(=O)c1ccc(NCC(=O)N(CC)c2ccccc2)cc1. The van der Waals surface area contributed by atoms with Gasteiger partial charge in [-0.25, -0.2) is 0 Å². The molecular formula is C23H31N3O2. The fourth-order valence-electron chi connectivity index (χ4n) is 3.15. The number of nitrogens with zero attached hydrogens (tertiary/aromatic N) is 2. The number of hydrogen-bond acceptors (Lipinski definition) is 3. The molecule has 0 aromatic heterocycles. The Morgan fingerprint density at radius 1 is 0.857 bits per heavy atom. The first-order valence-corrected chi connectivity index (χ1v) is 10.1. The summed E-state index contributed by atoms with van der Waals surface area (Å²) in [5, 5.41) is 3.16. The van der Waals surface area contributed by atoms with Gasteiger partial charge in [0.2, 0.25) is 5.91 Å². The highest BCUT2D eigenvalue weighted by Gasteiger charge is 2.15. The first kappa shape index (κ1) is 21.5. The molecule has 0 atom stereocenters. The Morgan fingerprint density at radius 3 is 2.00 bits per heavy atom. The molecule has 28 heavy (non-hydrogen) atoms. The molecule has 0 radical (unpaired) electrons. The molecule has 2 amide bonds. The monoisotopic (exact) mass is 381 g/mol. The van der Waals surface area contributed by atoms with Gasteiger partial charge >= 0.3 is 0 Å². The smallest absolute Gasteiger partial charge is 0.253 e. The maximum absolute atomic E-state index is 12.6. The van der Waals surface area contributed by atoms with Gasteiger partial charge < -0.3 is 15.1 Å². The van der Waals surface area contributed by atoms with Crippen molar-refractivity contribution in [1.82, 2.24) is 4.90 Å². The van der Waals surface area contributed by atoms with Gasteiger partial charge in [0.25, 0.3) is 5.91 Å². The second kappa shape index (κ2) is 11.1. The molecule has 150 valence electrons. The van der Waals surface area contributed by atoms with Crippen LogP contribution >= 0.6 is 0 Å². The summed E-state index contributed by atoms with van der Waals surface area (Å²) in [6.45, 7) is 8.48. The average molecular weight is 382 g/mol. The lowest BCUT2D eigenvalue weighted by molar-refractivity contribution is -0.116. The van der Waals surface area contributed by atoms with Gasteiger partial charge in [-0.3, -0.25) is 9.59 Å². The predicted octanol–water partition coefficient (Wildman–Crippen LogP) is 4.41. The standard InChI is InChI=1S/C23H31N3O2/c1-4-16-25(17-5-2)23(28)19-12-14-20(15-13-19)24-18-22(27)26(6-3)21-10-8-7-9-11-21/h7-15,24H,4-6,16-18H2,1-3H3. The lowest BCUT2D eigenvalue weighted by Crippen LogP contribution is -2.35. The van der Waals surface area contributed by atoms with Crippen molar-refractivity contribution in [3.8, 4) is 0 Å². The Labute approximate surface area is 168 Å². The van der Waals surface area contributed by atoms with Crippen molar-refractivity contribution in [2.45, 2.75) is 33.6 Å². The highest BCUT2D eigenvalue weighted by molar-refractivity contribution is 5.96. The van der Waals surface area contributed by atoms with Gasteiger partial charge in [0, 0.05) is 36.6 Å². The molecule has 0 spiro atoms. The van der Waals surface area contributed by atoms with E-state index in [-0.39, 0.29) is 18.4 Å². The zero-order valence-electron chi connectivity index (χ0n) is 17.1. The van der Waals surface area contributed by atoms with Crippen LogP contribution in [0.15, 0.2) is 54.6 Å². The molecule has 0 aliphatic rings. The molecule has 0 heterocycles. The fourth-order valence-corrected chi connectivity index (χ4v) is 3.15. The van der Waals surface area contributed by atoms with E-state index in [2.05, 4.69) is 19.2 Å². The number of carbonyl (C=O) groups is 2. The Morgan fingerprint density at radius 2 is 1.46 bits per heavy atom. The summed E-state index contributed by atoms with van der Waals surface area (Å²) < 4.78 is 0. The summed E-state index contributed by atoms with van der Waals surface area (Å²) in [4.78, 5) is 28.8. The zero-order chi connectivity index (χ0) is 20.4. The van der Waals surface area contributed by atoms with E-state index in [4.69, 9.17) is 0 Å². The molecule has 0 aliphatic carbocycles. The minimum atomic E-state index is 0.00548. The number of nitrogens with one attached hydrogen (secondary N) is 1. The predicted molar refractivity (Wildman–Crippen MR) is 116 cm³/mol. The highest BCUT2D eigenvalue weighted by atomic mass is 16.2. The average Bonchev–Trinajstić information content (AvgIpc) is 2.73. The van der Waals surface area contributed by atoms with Crippen LogP contribution in [0.1, 0.15) is 44.0 Å². The summed E-state index contributed by atoms with van der Waals surface area (Å²) in [7, 11) is 0. The van der Waals surface area contributed by atoms with Crippen LogP contribution in [0.5, 0.6) is 0 Å². The zero-order valence-corrected chi connectivity index (χ0v) is 17.1. The van der Waals surface area contributed by atoms with Crippen molar-refractivity contribution in [3.05, 3.63) is 60.2 Å². The summed E-state index contributed by atoms with van der Waals surface area (Å²) in [6, 6.07) is 17.0. The summed E-state index contributed by atoms with van der Waals surface area (Å²) in [5.41, 5.74) is 2.40. The third-order valence-corrected chi connectivity index (χ3v) is 4.53. The maximum Gasteiger partial charge on any atom is 0.253 e. The number of benzene rings is 2. The number of hydrogen-bond donors (Lipinski definition) is 1. The van der Waals surface area contributed by atoms with Crippen LogP contribution in [0, 0.1) is 0 Å². The molecule has 2 aromatic rings. The molecule has 5 nitrogen and oxygen atoms in total. The number of likely N-dealkylation sites (N-methyl/N-ethyl adjacent to an activating group) is 1. The Balaban J connectivity index is 1.96. The van der Waals surface area contributed by atoms with Gasteiger partial charge in [-0.05, 0) is 56.2 Å². The van der Waals surface area contributed by atoms with Crippen LogP contribution < -0.4 is 10.2 Å². The van der Waals surface area contributed by atoms with Gasteiger partial charge in [-0.15, -0.1) is 0 Å². The molecule has 1 N–H and O–H groups in total. The van der Waals surface area contributed by atoms with Crippen molar-refractivity contribution in [2.24, 2.45) is 0 Å². The number of amides is 2. The van der Waals surface area contributed by atoms with Crippen LogP contribution in [-0.2, 0) is 4.79 Å². The minimum absolute atomic E-state index is 0.00548. The van der Waals surface area contributed by atoms with Crippen molar-refractivity contribution in [1.29, 1.82) is 0 Å².